The van der Waals surface area contributed by atoms with Gasteiger partial charge in [-0.15, -0.1) is 0 Å². The largest absolute Gasteiger partial charge is 0.495 e. The van der Waals surface area contributed by atoms with Crippen molar-refractivity contribution >= 4 is 5.78 Å². The fraction of sp³-hybridized carbons (Fsp3) is 0.143. The van der Waals surface area contributed by atoms with Crippen molar-refractivity contribution in [3.8, 4) is 11.5 Å². The molecule has 0 saturated heterocycles. The number of ether oxygens (including phenoxy) is 2. The zero-order valence-corrected chi connectivity index (χ0v) is 10.5. The molecule has 19 heavy (non-hydrogen) atoms. The highest BCUT2D eigenvalue weighted by molar-refractivity contribution is 6.09. The van der Waals surface area contributed by atoms with Crippen molar-refractivity contribution in [2.75, 3.05) is 14.2 Å². The SMILES string of the molecule is COc1cncc(C(=O)c2ccc(F)c(OC)c2)c1. The van der Waals surface area contributed by atoms with Crippen LogP contribution in [0.3, 0.4) is 0 Å². The van der Waals surface area contributed by atoms with Crippen LogP contribution in [0.2, 0.25) is 0 Å². The predicted molar refractivity (Wildman–Crippen MR) is 67.2 cm³/mol. The molecule has 1 aromatic heterocycles. The molecule has 1 heterocycles. The minimum absolute atomic E-state index is 0.0294. The summed E-state index contributed by atoms with van der Waals surface area (Å²) >= 11 is 0. The molecule has 0 aliphatic rings. The number of carbonyl (C=O) groups excluding carboxylic acids is 1. The molecule has 0 aliphatic heterocycles. The first-order valence-corrected chi connectivity index (χ1v) is 5.53. The Bertz CT molecular complexity index is 613. The Balaban J connectivity index is 2.38. The van der Waals surface area contributed by atoms with E-state index in [1.165, 1.54) is 44.8 Å². The normalized spacial score (nSPS) is 10.1. The number of pyridine rings is 1. The van der Waals surface area contributed by atoms with Gasteiger partial charge < -0.3 is 9.47 Å². The van der Waals surface area contributed by atoms with Crippen LogP contribution in [0.1, 0.15) is 15.9 Å². The van der Waals surface area contributed by atoms with Crippen molar-refractivity contribution in [3.63, 3.8) is 0 Å². The number of aromatic nitrogens is 1. The van der Waals surface area contributed by atoms with Gasteiger partial charge in [0.05, 0.1) is 20.4 Å². The lowest BCUT2D eigenvalue weighted by Gasteiger charge is -2.06. The molecule has 0 atom stereocenters. The van der Waals surface area contributed by atoms with Crippen LogP contribution in [-0.2, 0) is 0 Å². The van der Waals surface area contributed by atoms with Gasteiger partial charge in [-0.3, -0.25) is 9.78 Å². The average molecular weight is 261 g/mol. The molecular formula is C14H12FNO3. The number of rotatable bonds is 4. The Labute approximate surface area is 109 Å². The second kappa shape index (κ2) is 5.48. The van der Waals surface area contributed by atoms with Crippen LogP contribution in [0.25, 0.3) is 0 Å². The number of hydrogen-bond acceptors (Lipinski definition) is 4. The van der Waals surface area contributed by atoms with Gasteiger partial charge in [0.1, 0.15) is 5.75 Å². The van der Waals surface area contributed by atoms with Crippen LogP contribution in [0, 0.1) is 5.82 Å². The van der Waals surface area contributed by atoms with Crippen molar-refractivity contribution in [2.24, 2.45) is 0 Å². The van der Waals surface area contributed by atoms with E-state index in [0.717, 1.165) is 0 Å². The highest BCUT2D eigenvalue weighted by Gasteiger charge is 2.13. The summed E-state index contributed by atoms with van der Waals surface area (Å²) in [5, 5.41) is 0. The molecule has 2 rings (SSSR count). The number of halogens is 1. The molecule has 4 nitrogen and oxygen atoms in total. The van der Waals surface area contributed by atoms with Gasteiger partial charge in [0.2, 0.25) is 0 Å². The molecule has 0 aliphatic carbocycles. The molecule has 1 aromatic carbocycles. The fourth-order valence-corrected chi connectivity index (χ4v) is 1.62. The summed E-state index contributed by atoms with van der Waals surface area (Å²) < 4.78 is 23.1. The third-order valence-corrected chi connectivity index (χ3v) is 2.62. The Hall–Kier alpha value is -2.43. The van der Waals surface area contributed by atoms with Gasteiger partial charge in [-0.05, 0) is 24.3 Å². The second-order valence-electron chi connectivity index (χ2n) is 3.79. The van der Waals surface area contributed by atoms with Crippen molar-refractivity contribution in [1.82, 2.24) is 4.98 Å². The number of methoxy groups -OCH3 is 2. The van der Waals surface area contributed by atoms with E-state index in [2.05, 4.69) is 4.98 Å². The van der Waals surface area contributed by atoms with Gasteiger partial charge in [0.25, 0.3) is 0 Å². The minimum atomic E-state index is -0.511. The summed E-state index contributed by atoms with van der Waals surface area (Å²) in [6.45, 7) is 0. The Morgan fingerprint density at radius 2 is 1.89 bits per heavy atom. The summed E-state index contributed by atoms with van der Waals surface area (Å²) in [6, 6.07) is 5.53. The molecule has 0 spiro atoms. The summed E-state index contributed by atoms with van der Waals surface area (Å²) in [4.78, 5) is 16.1. The van der Waals surface area contributed by atoms with E-state index in [4.69, 9.17) is 9.47 Å². The van der Waals surface area contributed by atoms with E-state index < -0.39 is 5.82 Å². The molecule has 2 aromatic rings. The predicted octanol–water partition coefficient (Wildman–Crippen LogP) is 2.47. The lowest BCUT2D eigenvalue weighted by atomic mass is 10.0. The lowest BCUT2D eigenvalue weighted by molar-refractivity contribution is 0.103. The third-order valence-electron chi connectivity index (χ3n) is 2.62. The number of benzene rings is 1. The molecule has 0 bridgehead atoms. The average Bonchev–Trinajstić information content (AvgIpc) is 2.47. The summed E-state index contributed by atoms with van der Waals surface area (Å²) in [6.07, 6.45) is 2.93. The molecule has 0 unspecified atom stereocenters. The molecule has 98 valence electrons. The van der Waals surface area contributed by atoms with Gasteiger partial charge in [-0.25, -0.2) is 4.39 Å². The maximum atomic E-state index is 13.3. The number of hydrogen-bond donors (Lipinski definition) is 0. The quantitative estimate of drug-likeness (QED) is 0.793. The summed E-state index contributed by atoms with van der Waals surface area (Å²) in [5.41, 5.74) is 0.696. The number of nitrogens with zero attached hydrogens (tertiary/aromatic N) is 1. The van der Waals surface area contributed by atoms with Crippen molar-refractivity contribution in [2.45, 2.75) is 0 Å². The topological polar surface area (TPSA) is 48.4 Å². The van der Waals surface area contributed by atoms with E-state index >= 15 is 0 Å². The van der Waals surface area contributed by atoms with Crippen LogP contribution in [-0.4, -0.2) is 25.0 Å². The first-order valence-electron chi connectivity index (χ1n) is 5.53. The van der Waals surface area contributed by atoms with Crippen molar-refractivity contribution < 1.29 is 18.7 Å². The third kappa shape index (κ3) is 2.70. The Kier molecular flexibility index (Phi) is 3.75. The van der Waals surface area contributed by atoms with Crippen molar-refractivity contribution in [3.05, 3.63) is 53.6 Å². The van der Waals surface area contributed by atoms with Crippen LogP contribution in [0.4, 0.5) is 4.39 Å². The standard InChI is InChI=1S/C14H12FNO3/c1-18-11-5-10(7-16-8-11)14(17)9-3-4-12(15)13(6-9)19-2/h3-8H,1-2H3. The van der Waals surface area contributed by atoms with Crippen LogP contribution >= 0.6 is 0 Å². The Morgan fingerprint density at radius 3 is 2.58 bits per heavy atom. The van der Waals surface area contributed by atoms with Gasteiger partial charge in [0.15, 0.2) is 17.3 Å². The molecule has 0 radical (unpaired) electrons. The molecule has 0 N–H and O–H groups in total. The highest BCUT2D eigenvalue weighted by Crippen LogP contribution is 2.21. The molecule has 0 fully saturated rings. The van der Waals surface area contributed by atoms with Crippen LogP contribution in [0.5, 0.6) is 11.5 Å². The number of ketones is 1. The van der Waals surface area contributed by atoms with E-state index in [1.54, 1.807) is 6.07 Å². The van der Waals surface area contributed by atoms with Gasteiger partial charge in [0, 0.05) is 17.3 Å². The number of carbonyl (C=O) groups is 1. The summed E-state index contributed by atoms with van der Waals surface area (Å²) in [5.74, 6) is -0.269. The van der Waals surface area contributed by atoms with E-state index in [9.17, 15) is 9.18 Å². The zero-order valence-electron chi connectivity index (χ0n) is 10.5. The highest BCUT2D eigenvalue weighted by atomic mass is 19.1. The second-order valence-corrected chi connectivity index (χ2v) is 3.79. The first kappa shape index (κ1) is 13.0. The zero-order chi connectivity index (χ0) is 13.8. The maximum absolute atomic E-state index is 13.3. The molecule has 0 saturated carbocycles. The molecule has 5 heteroatoms. The van der Waals surface area contributed by atoms with Gasteiger partial charge in [-0.2, -0.15) is 0 Å². The van der Waals surface area contributed by atoms with E-state index in [0.29, 0.717) is 16.9 Å². The van der Waals surface area contributed by atoms with Gasteiger partial charge >= 0.3 is 0 Å². The monoisotopic (exact) mass is 261 g/mol. The minimum Gasteiger partial charge on any atom is -0.495 e. The fourth-order valence-electron chi connectivity index (χ4n) is 1.62. The van der Waals surface area contributed by atoms with Crippen LogP contribution < -0.4 is 9.47 Å². The smallest absolute Gasteiger partial charge is 0.194 e. The molecule has 0 amide bonds. The lowest BCUT2D eigenvalue weighted by Crippen LogP contribution is -2.03. The van der Waals surface area contributed by atoms with E-state index in [1.807, 2.05) is 0 Å². The maximum Gasteiger partial charge on any atom is 0.194 e. The van der Waals surface area contributed by atoms with E-state index in [-0.39, 0.29) is 11.5 Å². The van der Waals surface area contributed by atoms with Crippen LogP contribution in [0.15, 0.2) is 36.7 Å². The van der Waals surface area contributed by atoms with Gasteiger partial charge in [-0.1, -0.05) is 0 Å². The first-order chi connectivity index (χ1) is 9.15. The molecular weight excluding hydrogens is 249 g/mol. The summed E-state index contributed by atoms with van der Waals surface area (Å²) in [7, 11) is 2.84. The Morgan fingerprint density at radius 1 is 1.11 bits per heavy atom. The van der Waals surface area contributed by atoms with Crippen molar-refractivity contribution in [1.29, 1.82) is 0 Å².